The monoisotopic (exact) mass is 249 g/mol. The maximum absolute atomic E-state index is 8.75. The highest BCUT2D eigenvalue weighted by Gasteiger charge is 2.03. The van der Waals surface area contributed by atoms with Crippen molar-refractivity contribution in [1.29, 1.82) is 5.26 Å². The van der Waals surface area contributed by atoms with Crippen LogP contribution in [-0.4, -0.2) is 11.4 Å². The maximum Gasteiger partial charge on any atom is 0.0991 e. The van der Waals surface area contributed by atoms with Crippen LogP contribution in [0.2, 0.25) is 0 Å². The molecule has 0 saturated heterocycles. The van der Waals surface area contributed by atoms with Crippen molar-refractivity contribution in [3.05, 3.63) is 59.2 Å². The molecule has 0 fully saturated rings. The molecule has 0 aromatic heterocycles. The maximum atomic E-state index is 8.75. The van der Waals surface area contributed by atoms with E-state index in [4.69, 9.17) is 5.26 Å². The standard InChI is InChI=1S/C16H15N3/c1-12(15-5-3-4-6-15)18-19-13(2)16-9-7-14(11-17)8-10-16/h3-5,7-10H,6H2,1-2H3/b18-12+,19-13+. The molecule has 1 aromatic carbocycles. The third-order valence-corrected chi connectivity index (χ3v) is 3.02. The molecule has 1 aromatic rings. The van der Waals surface area contributed by atoms with Crippen LogP contribution >= 0.6 is 0 Å². The Labute approximate surface area is 113 Å². The van der Waals surface area contributed by atoms with Crippen LogP contribution in [0.5, 0.6) is 0 Å². The molecule has 0 atom stereocenters. The average Bonchev–Trinajstić information content (AvgIpc) is 2.98. The van der Waals surface area contributed by atoms with E-state index in [0.717, 1.165) is 23.4 Å². The van der Waals surface area contributed by atoms with E-state index in [0.29, 0.717) is 5.56 Å². The Morgan fingerprint density at radius 3 is 2.37 bits per heavy atom. The second kappa shape index (κ2) is 5.92. The number of benzene rings is 1. The Morgan fingerprint density at radius 1 is 1.11 bits per heavy atom. The van der Waals surface area contributed by atoms with Gasteiger partial charge in [0.25, 0.3) is 0 Å². The summed E-state index contributed by atoms with van der Waals surface area (Å²) in [5.74, 6) is 0. The van der Waals surface area contributed by atoms with Crippen molar-refractivity contribution >= 4 is 11.4 Å². The number of hydrogen-bond acceptors (Lipinski definition) is 3. The molecule has 3 heteroatoms. The lowest BCUT2D eigenvalue weighted by Gasteiger charge is -2.00. The molecule has 0 saturated carbocycles. The van der Waals surface area contributed by atoms with Crippen LogP contribution in [0.3, 0.4) is 0 Å². The molecule has 0 spiro atoms. The van der Waals surface area contributed by atoms with Crippen LogP contribution in [-0.2, 0) is 0 Å². The van der Waals surface area contributed by atoms with Crippen molar-refractivity contribution in [2.24, 2.45) is 10.2 Å². The zero-order chi connectivity index (χ0) is 13.7. The SMILES string of the molecule is C/C(=N\N=C(/C)c1ccc(C#N)cc1)C1=CC=CC1. The van der Waals surface area contributed by atoms with Gasteiger partial charge in [-0.25, -0.2) is 0 Å². The van der Waals surface area contributed by atoms with Gasteiger partial charge in [0, 0.05) is 0 Å². The summed E-state index contributed by atoms with van der Waals surface area (Å²) in [5, 5.41) is 17.3. The summed E-state index contributed by atoms with van der Waals surface area (Å²) in [6, 6.07) is 9.45. The van der Waals surface area contributed by atoms with Crippen molar-refractivity contribution in [3.8, 4) is 6.07 Å². The van der Waals surface area contributed by atoms with Crippen molar-refractivity contribution in [2.45, 2.75) is 20.3 Å². The predicted octanol–water partition coefficient (Wildman–Crippen LogP) is 3.63. The molecule has 0 heterocycles. The Kier molecular flexibility index (Phi) is 4.04. The van der Waals surface area contributed by atoms with Gasteiger partial charge in [0.1, 0.15) is 0 Å². The highest BCUT2D eigenvalue weighted by molar-refractivity contribution is 6.02. The highest BCUT2D eigenvalue weighted by Crippen LogP contribution is 2.12. The van der Waals surface area contributed by atoms with Crippen LogP contribution < -0.4 is 0 Å². The molecular weight excluding hydrogens is 234 g/mol. The van der Waals surface area contributed by atoms with Gasteiger partial charge >= 0.3 is 0 Å². The summed E-state index contributed by atoms with van der Waals surface area (Å²) >= 11 is 0. The van der Waals surface area contributed by atoms with Gasteiger partial charge in [0.15, 0.2) is 0 Å². The fraction of sp³-hybridized carbons (Fsp3) is 0.188. The third kappa shape index (κ3) is 3.26. The minimum absolute atomic E-state index is 0.651. The first-order valence-electron chi connectivity index (χ1n) is 6.16. The average molecular weight is 249 g/mol. The summed E-state index contributed by atoms with van der Waals surface area (Å²) in [5.41, 5.74) is 4.62. The Balaban J connectivity index is 2.14. The first-order valence-corrected chi connectivity index (χ1v) is 6.16. The zero-order valence-corrected chi connectivity index (χ0v) is 11.1. The fourth-order valence-electron chi connectivity index (χ4n) is 1.77. The second-order valence-corrected chi connectivity index (χ2v) is 4.38. The number of nitrogens with zero attached hydrogens (tertiary/aromatic N) is 3. The van der Waals surface area contributed by atoms with Crippen LogP contribution in [0.15, 0.2) is 58.3 Å². The molecule has 1 aliphatic carbocycles. The lowest BCUT2D eigenvalue weighted by Crippen LogP contribution is -1.97. The molecule has 0 unspecified atom stereocenters. The summed E-state index contributed by atoms with van der Waals surface area (Å²) in [4.78, 5) is 0. The Bertz CT molecular complexity index is 623. The van der Waals surface area contributed by atoms with Gasteiger partial charge in [-0.2, -0.15) is 15.5 Å². The first kappa shape index (κ1) is 13.0. The summed E-state index contributed by atoms with van der Waals surface area (Å²) in [7, 11) is 0. The second-order valence-electron chi connectivity index (χ2n) is 4.38. The topological polar surface area (TPSA) is 48.5 Å². The smallest absolute Gasteiger partial charge is 0.0991 e. The van der Waals surface area contributed by atoms with Gasteiger partial charge in [0.2, 0.25) is 0 Å². The number of rotatable bonds is 3. The van der Waals surface area contributed by atoms with Gasteiger partial charge < -0.3 is 0 Å². The first-order chi connectivity index (χ1) is 9.20. The minimum atomic E-state index is 0.651. The summed E-state index contributed by atoms with van der Waals surface area (Å²) in [6.45, 7) is 3.88. The van der Waals surface area contributed by atoms with Gasteiger partial charge in [-0.1, -0.05) is 30.4 Å². The molecular formula is C16H15N3. The van der Waals surface area contributed by atoms with Gasteiger partial charge in [-0.15, -0.1) is 0 Å². The Morgan fingerprint density at radius 2 is 1.79 bits per heavy atom. The van der Waals surface area contributed by atoms with Gasteiger partial charge in [-0.05, 0) is 43.5 Å². The van der Waals surface area contributed by atoms with Gasteiger partial charge in [0.05, 0.1) is 23.1 Å². The highest BCUT2D eigenvalue weighted by atomic mass is 15.2. The number of allylic oxidation sites excluding steroid dienone is 4. The van der Waals surface area contributed by atoms with Crippen LogP contribution in [0.1, 0.15) is 31.4 Å². The lowest BCUT2D eigenvalue weighted by molar-refractivity contribution is 1.20. The predicted molar refractivity (Wildman–Crippen MR) is 78.3 cm³/mol. The third-order valence-electron chi connectivity index (χ3n) is 3.02. The van der Waals surface area contributed by atoms with Gasteiger partial charge in [-0.3, -0.25) is 0 Å². The molecule has 0 aliphatic heterocycles. The van der Waals surface area contributed by atoms with E-state index < -0.39 is 0 Å². The van der Waals surface area contributed by atoms with E-state index in [1.165, 1.54) is 5.57 Å². The van der Waals surface area contributed by atoms with Crippen molar-refractivity contribution in [2.75, 3.05) is 0 Å². The van der Waals surface area contributed by atoms with E-state index in [2.05, 4.69) is 28.4 Å². The van der Waals surface area contributed by atoms with E-state index in [1.54, 1.807) is 12.1 Å². The summed E-state index contributed by atoms with van der Waals surface area (Å²) in [6.07, 6.45) is 7.13. The lowest BCUT2D eigenvalue weighted by atomic mass is 10.1. The molecule has 0 bridgehead atoms. The molecule has 94 valence electrons. The number of nitriles is 1. The zero-order valence-electron chi connectivity index (χ0n) is 11.1. The van der Waals surface area contributed by atoms with Crippen LogP contribution in [0.25, 0.3) is 0 Å². The molecule has 0 N–H and O–H groups in total. The molecule has 19 heavy (non-hydrogen) atoms. The number of hydrogen-bond donors (Lipinski definition) is 0. The molecule has 1 aliphatic rings. The largest absolute Gasteiger partial charge is 0.192 e. The van der Waals surface area contributed by atoms with Crippen LogP contribution in [0.4, 0.5) is 0 Å². The van der Waals surface area contributed by atoms with E-state index in [-0.39, 0.29) is 0 Å². The van der Waals surface area contributed by atoms with E-state index in [9.17, 15) is 0 Å². The van der Waals surface area contributed by atoms with Crippen molar-refractivity contribution < 1.29 is 0 Å². The Hall–Kier alpha value is -2.47. The quantitative estimate of drug-likeness (QED) is 0.596. The molecule has 0 amide bonds. The van der Waals surface area contributed by atoms with Crippen molar-refractivity contribution in [3.63, 3.8) is 0 Å². The van der Waals surface area contributed by atoms with E-state index in [1.807, 2.05) is 32.1 Å². The fourth-order valence-corrected chi connectivity index (χ4v) is 1.77. The minimum Gasteiger partial charge on any atom is -0.192 e. The summed E-state index contributed by atoms with van der Waals surface area (Å²) < 4.78 is 0. The van der Waals surface area contributed by atoms with Crippen LogP contribution in [0, 0.1) is 11.3 Å². The molecule has 3 nitrogen and oxygen atoms in total. The molecule has 2 rings (SSSR count). The normalized spacial score (nSPS) is 15.3. The van der Waals surface area contributed by atoms with E-state index >= 15 is 0 Å². The molecule has 0 radical (unpaired) electrons. The van der Waals surface area contributed by atoms with Crippen molar-refractivity contribution in [1.82, 2.24) is 0 Å².